The van der Waals surface area contributed by atoms with E-state index in [1.807, 2.05) is 6.21 Å². The third kappa shape index (κ3) is 5.34. The van der Waals surface area contributed by atoms with Gasteiger partial charge in [0.2, 0.25) is 0 Å². The number of hydrogen-bond donors (Lipinski definition) is 0. The van der Waals surface area contributed by atoms with Crippen LogP contribution in [0.4, 0.5) is 0 Å². The van der Waals surface area contributed by atoms with E-state index in [2.05, 4.69) is 18.0 Å². The van der Waals surface area contributed by atoms with Crippen molar-refractivity contribution in [1.29, 1.82) is 0 Å². The van der Waals surface area contributed by atoms with Gasteiger partial charge in [0.1, 0.15) is 0 Å². The van der Waals surface area contributed by atoms with Crippen LogP contribution < -0.4 is 0 Å². The molecule has 2 heteroatoms. The van der Waals surface area contributed by atoms with Crippen LogP contribution in [0, 0.1) is 0 Å². The van der Waals surface area contributed by atoms with Gasteiger partial charge < -0.3 is 0 Å². The average molecular weight is 193 g/mol. The van der Waals surface area contributed by atoms with Crippen LogP contribution in [0.15, 0.2) is 16.6 Å². The fraction of sp³-hybridized carbons (Fsp3) is 0.700. The van der Waals surface area contributed by atoms with Crippen LogP contribution in [0.25, 0.3) is 0 Å². The molecule has 0 aromatic rings. The molecule has 0 aromatic carbocycles. The van der Waals surface area contributed by atoms with Crippen LogP contribution in [0.3, 0.4) is 0 Å². The summed E-state index contributed by atoms with van der Waals surface area (Å²) in [4.78, 5) is 4.15. The van der Waals surface area contributed by atoms with E-state index < -0.39 is 0 Å². The molecule has 0 fully saturated rings. The Morgan fingerprint density at radius 2 is 2.25 bits per heavy atom. The Labute approximate surface area is 105 Å². The van der Waals surface area contributed by atoms with E-state index in [0.29, 0.717) is 0 Å². The monoisotopic (exact) mass is 193 g/mol. The Hall–Kier alpha value is 0.670. The number of allylic oxidation sites excluding steroid dienone is 1. The van der Waals surface area contributed by atoms with Crippen LogP contribution >= 0.6 is 0 Å². The first kappa shape index (κ1) is 12.7. The summed E-state index contributed by atoms with van der Waals surface area (Å²) in [5, 5.41) is 0. The molecule has 0 saturated carbocycles. The van der Waals surface area contributed by atoms with Crippen molar-refractivity contribution in [3.63, 3.8) is 0 Å². The zero-order valence-corrected chi connectivity index (χ0v) is 7.34. The van der Waals surface area contributed by atoms with Gasteiger partial charge in [-0.1, -0.05) is 25.3 Å². The minimum atomic E-state index is 0. The summed E-state index contributed by atoms with van der Waals surface area (Å²) < 4.78 is 0. The van der Waals surface area contributed by atoms with E-state index in [1.54, 1.807) is 5.57 Å². The Kier molecular flexibility index (Phi) is 8.74. The van der Waals surface area contributed by atoms with Crippen LogP contribution in [0.1, 0.15) is 39.0 Å². The van der Waals surface area contributed by atoms with Crippen molar-refractivity contribution in [2.75, 3.05) is 6.54 Å². The Morgan fingerprint density at radius 1 is 1.42 bits per heavy atom. The van der Waals surface area contributed by atoms with Crippen LogP contribution in [-0.4, -0.2) is 50.5 Å². The van der Waals surface area contributed by atoms with E-state index >= 15 is 0 Å². The van der Waals surface area contributed by atoms with Crippen LogP contribution in [-0.2, 0) is 0 Å². The Morgan fingerprint density at radius 3 is 2.83 bits per heavy atom. The molecule has 0 unspecified atom stereocenters. The molecule has 0 N–H and O–H groups in total. The summed E-state index contributed by atoms with van der Waals surface area (Å²) in [6, 6.07) is 0. The average Bonchev–Trinajstić information content (AvgIpc) is 2.07. The maximum atomic E-state index is 4.15. The third-order valence-corrected chi connectivity index (χ3v) is 2.08. The van der Waals surface area contributed by atoms with E-state index in [4.69, 9.17) is 0 Å². The van der Waals surface area contributed by atoms with Crippen molar-refractivity contribution in [1.82, 2.24) is 0 Å². The van der Waals surface area contributed by atoms with Crippen molar-refractivity contribution in [2.24, 2.45) is 4.99 Å². The summed E-state index contributed by atoms with van der Waals surface area (Å²) in [6.45, 7) is 3.26. The van der Waals surface area contributed by atoms with E-state index in [0.717, 1.165) is 6.54 Å². The van der Waals surface area contributed by atoms with Gasteiger partial charge in [-0.3, -0.25) is 4.99 Å². The van der Waals surface area contributed by atoms with Gasteiger partial charge in [-0.25, -0.2) is 0 Å². The molecule has 0 aliphatic carbocycles. The topological polar surface area (TPSA) is 12.4 Å². The summed E-state index contributed by atoms with van der Waals surface area (Å²) in [6.07, 6.45) is 10.7. The second kappa shape index (κ2) is 8.28. The van der Waals surface area contributed by atoms with Gasteiger partial charge in [-0.05, 0) is 25.3 Å². The molecule has 1 heterocycles. The van der Waals surface area contributed by atoms with Gasteiger partial charge in [0.25, 0.3) is 0 Å². The Bertz CT molecular complexity index is 161. The molecule has 12 heavy (non-hydrogen) atoms. The number of rotatable bonds is 4. The Balaban J connectivity index is 0.00000121. The van der Waals surface area contributed by atoms with Gasteiger partial charge in [0, 0.05) is 12.8 Å². The molecule has 1 rings (SSSR count). The predicted molar refractivity (Wildman–Crippen MR) is 58.7 cm³/mol. The van der Waals surface area contributed by atoms with Gasteiger partial charge in [-0.2, -0.15) is 0 Å². The molecule has 0 atom stereocenters. The molecule has 0 bridgehead atoms. The van der Waals surface area contributed by atoms with Gasteiger partial charge in [-0.15, -0.1) is 0 Å². The van der Waals surface area contributed by atoms with Gasteiger partial charge in [0.15, 0.2) is 0 Å². The maximum absolute atomic E-state index is 4.15. The van der Waals surface area contributed by atoms with Crippen molar-refractivity contribution in [3.05, 3.63) is 11.6 Å². The molecule has 0 amide bonds. The molecular weight excluding hydrogens is 174 g/mol. The van der Waals surface area contributed by atoms with Crippen molar-refractivity contribution in [3.8, 4) is 0 Å². The fourth-order valence-electron chi connectivity index (χ4n) is 1.33. The molecule has 1 aliphatic rings. The SMILES string of the molecule is CCCCCC1=CC=NCC1.[CaH2]. The van der Waals surface area contributed by atoms with Crippen molar-refractivity contribution in [2.45, 2.75) is 39.0 Å². The second-order valence-corrected chi connectivity index (χ2v) is 3.09. The molecule has 0 radical (unpaired) electrons. The summed E-state index contributed by atoms with van der Waals surface area (Å²) in [5.41, 5.74) is 1.59. The van der Waals surface area contributed by atoms with Crippen LogP contribution in [0.5, 0.6) is 0 Å². The molecule has 0 saturated heterocycles. The van der Waals surface area contributed by atoms with E-state index in [-0.39, 0.29) is 37.7 Å². The molecular formula is C10H19CaN. The van der Waals surface area contributed by atoms with Crippen molar-refractivity contribution >= 4 is 44.0 Å². The van der Waals surface area contributed by atoms with Crippen molar-refractivity contribution < 1.29 is 0 Å². The molecule has 1 nitrogen and oxygen atoms in total. The molecule has 0 spiro atoms. The minimum absolute atomic E-state index is 0. The number of unbranched alkanes of at least 4 members (excludes halogenated alkanes) is 2. The number of hydrogen-bond acceptors (Lipinski definition) is 1. The normalized spacial score (nSPS) is 15.2. The number of aliphatic imine (C=N–C) groups is 1. The van der Waals surface area contributed by atoms with Gasteiger partial charge >= 0.3 is 37.7 Å². The summed E-state index contributed by atoms with van der Waals surface area (Å²) >= 11 is 0. The van der Waals surface area contributed by atoms with Crippen LogP contribution in [0.2, 0.25) is 0 Å². The summed E-state index contributed by atoms with van der Waals surface area (Å²) in [7, 11) is 0. The summed E-state index contributed by atoms with van der Waals surface area (Å²) in [5.74, 6) is 0. The quantitative estimate of drug-likeness (QED) is 0.479. The van der Waals surface area contributed by atoms with E-state index in [1.165, 1.54) is 32.1 Å². The first-order chi connectivity index (χ1) is 5.43. The zero-order chi connectivity index (χ0) is 7.94. The number of dihydropyridines is 1. The molecule has 0 aromatic heterocycles. The van der Waals surface area contributed by atoms with Gasteiger partial charge in [0.05, 0.1) is 0 Å². The third-order valence-electron chi connectivity index (χ3n) is 2.08. The first-order valence-electron chi connectivity index (χ1n) is 4.61. The molecule has 66 valence electrons. The molecule has 1 aliphatic heterocycles. The van der Waals surface area contributed by atoms with E-state index in [9.17, 15) is 0 Å². The zero-order valence-electron chi connectivity index (χ0n) is 7.34. The first-order valence-corrected chi connectivity index (χ1v) is 4.61. The predicted octanol–water partition coefficient (Wildman–Crippen LogP) is 2.05. The second-order valence-electron chi connectivity index (χ2n) is 3.09. The fourth-order valence-corrected chi connectivity index (χ4v) is 1.33. The standard InChI is InChI=1S/C10H17N.Ca.2H/c1-2-3-4-5-10-6-8-11-9-7-10;;;/h6,8H,2-5,7,9H2,1H3;;;. The number of nitrogens with zero attached hydrogens (tertiary/aromatic N) is 1.